The fourth-order valence-corrected chi connectivity index (χ4v) is 1.47. The third kappa shape index (κ3) is 4.72. The summed E-state index contributed by atoms with van der Waals surface area (Å²) in [6.07, 6.45) is 7.12. The van der Waals surface area contributed by atoms with Gasteiger partial charge in [-0.05, 0) is 31.7 Å². The number of rotatable bonds is 6. The van der Waals surface area contributed by atoms with Crippen molar-refractivity contribution in [3.05, 3.63) is 42.8 Å². The van der Waals surface area contributed by atoms with Crippen LogP contribution in [0.25, 0.3) is 0 Å². The molecule has 0 spiro atoms. The Morgan fingerprint density at radius 1 is 0.846 bits per heavy atom. The van der Waals surface area contributed by atoms with Crippen molar-refractivity contribution in [2.75, 3.05) is 0 Å². The number of aryl methyl sites for hydroxylation is 1. The van der Waals surface area contributed by atoms with E-state index in [-0.39, 0.29) is 0 Å². The summed E-state index contributed by atoms with van der Waals surface area (Å²) >= 11 is 0. The molecule has 1 rings (SSSR count). The van der Waals surface area contributed by atoms with Crippen molar-refractivity contribution in [3.63, 3.8) is 0 Å². The van der Waals surface area contributed by atoms with Crippen LogP contribution in [-0.2, 0) is 6.42 Å². The first-order valence-corrected chi connectivity index (χ1v) is 5.17. The van der Waals surface area contributed by atoms with E-state index in [4.69, 9.17) is 6.92 Å². The molecule has 2 radical (unpaired) electrons. The van der Waals surface area contributed by atoms with E-state index in [0.717, 1.165) is 6.42 Å². The Labute approximate surface area is 82.0 Å². The largest absolute Gasteiger partial charge is 0.0622 e. The van der Waals surface area contributed by atoms with Crippen molar-refractivity contribution in [2.24, 2.45) is 0 Å². The van der Waals surface area contributed by atoms with E-state index >= 15 is 0 Å². The molecule has 0 unspecified atom stereocenters. The van der Waals surface area contributed by atoms with Gasteiger partial charge in [0, 0.05) is 0 Å². The van der Waals surface area contributed by atoms with Gasteiger partial charge in [-0.3, -0.25) is 0 Å². The molecule has 0 aliphatic rings. The fourth-order valence-electron chi connectivity index (χ4n) is 1.47. The van der Waals surface area contributed by atoms with Crippen molar-refractivity contribution in [1.82, 2.24) is 0 Å². The second-order valence-electron chi connectivity index (χ2n) is 3.44. The van der Waals surface area contributed by atoms with Crippen LogP contribution in [0.1, 0.15) is 37.7 Å². The number of hydrogen-bond donors (Lipinski definition) is 0. The molecule has 0 nitrogen and oxygen atoms in total. The summed E-state index contributed by atoms with van der Waals surface area (Å²) in [5.74, 6) is 0. The fraction of sp³-hybridized carbons (Fsp3) is 0.462. The first-order chi connectivity index (χ1) is 6.43. The summed E-state index contributed by atoms with van der Waals surface area (Å²) in [7, 11) is 0. The normalized spacial score (nSPS) is 10.2. The molecule has 1 aromatic carbocycles. The van der Waals surface area contributed by atoms with Crippen LogP contribution in [0, 0.1) is 6.92 Å². The maximum absolute atomic E-state index is 5.42. The summed E-state index contributed by atoms with van der Waals surface area (Å²) in [5, 5.41) is 0. The quantitative estimate of drug-likeness (QED) is 0.574. The lowest BCUT2D eigenvalue weighted by Gasteiger charge is -2.00. The highest BCUT2D eigenvalue weighted by Gasteiger charge is 1.91. The van der Waals surface area contributed by atoms with Crippen molar-refractivity contribution >= 4 is 0 Å². The summed E-state index contributed by atoms with van der Waals surface area (Å²) in [4.78, 5) is 0. The first kappa shape index (κ1) is 10.3. The molecular weight excluding hydrogens is 156 g/mol. The SMILES string of the molecule is [CH]CCCCCCc1ccccc1. The van der Waals surface area contributed by atoms with Gasteiger partial charge in [-0.25, -0.2) is 0 Å². The van der Waals surface area contributed by atoms with Gasteiger partial charge in [0.05, 0.1) is 0 Å². The van der Waals surface area contributed by atoms with E-state index in [1.54, 1.807) is 0 Å². The van der Waals surface area contributed by atoms with Gasteiger partial charge in [-0.15, -0.1) is 0 Å². The molecule has 0 N–H and O–H groups in total. The van der Waals surface area contributed by atoms with Crippen LogP contribution in [-0.4, -0.2) is 0 Å². The smallest absolute Gasteiger partial charge is 0.0279 e. The molecule has 70 valence electrons. The third-order valence-corrected chi connectivity index (χ3v) is 2.26. The highest BCUT2D eigenvalue weighted by Crippen LogP contribution is 2.08. The van der Waals surface area contributed by atoms with Crippen molar-refractivity contribution in [1.29, 1.82) is 0 Å². The summed E-state index contributed by atoms with van der Waals surface area (Å²) in [5.41, 5.74) is 1.45. The van der Waals surface area contributed by atoms with Gasteiger partial charge < -0.3 is 0 Å². The first-order valence-electron chi connectivity index (χ1n) is 5.17. The van der Waals surface area contributed by atoms with E-state index in [1.807, 2.05) is 0 Å². The van der Waals surface area contributed by atoms with Crippen LogP contribution in [0.3, 0.4) is 0 Å². The van der Waals surface area contributed by atoms with Crippen LogP contribution in [0.2, 0.25) is 0 Å². The topological polar surface area (TPSA) is 0 Å². The van der Waals surface area contributed by atoms with Gasteiger partial charge >= 0.3 is 0 Å². The highest BCUT2D eigenvalue weighted by molar-refractivity contribution is 5.14. The van der Waals surface area contributed by atoms with Gasteiger partial charge in [0.25, 0.3) is 0 Å². The van der Waals surface area contributed by atoms with Gasteiger partial charge in [0.2, 0.25) is 0 Å². The lowest BCUT2D eigenvalue weighted by Crippen LogP contribution is -1.84. The molecule has 0 aromatic heterocycles. The molecule has 0 saturated carbocycles. The maximum atomic E-state index is 5.42. The van der Waals surface area contributed by atoms with E-state index in [9.17, 15) is 0 Å². The molecule has 0 aliphatic heterocycles. The Hall–Kier alpha value is -0.780. The minimum absolute atomic E-state index is 0.839. The average molecular weight is 174 g/mol. The van der Waals surface area contributed by atoms with Gasteiger partial charge in [0.15, 0.2) is 0 Å². The van der Waals surface area contributed by atoms with Crippen molar-refractivity contribution in [2.45, 2.75) is 38.5 Å². The average Bonchev–Trinajstić information content (AvgIpc) is 2.19. The molecule has 0 aliphatic carbocycles. The zero-order valence-corrected chi connectivity index (χ0v) is 8.21. The van der Waals surface area contributed by atoms with Crippen LogP contribution in [0.5, 0.6) is 0 Å². The molecule has 0 amide bonds. The summed E-state index contributed by atoms with van der Waals surface area (Å²) in [6.45, 7) is 5.42. The van der Waals surface area contributed by atoms with Crippen LogP contribution in [0.4, 0.5) is 0 Å². The molecular formula is C13H18. The highest BCUT2D eigenvalue weighted by atomic mass is 14.0. The third-order valence-electron chi connectivity index (χ3n) is 2.26. The van der Waals surface area contributed by atoms with E-state index in [1.165, 1.54) is 37.7 Å². The van der Waals surface area contributed by atoms with Crippen molar-refractivity contribution < 1.29 is 0 Å². The minimum Gasteiger partial charge on any atom is -0.0622 e. The Balaban J connectivity index is 2.07. The number of unbranched alkanes of at least 4 members (excludes halogenated alkanes) is 4. The lowest BCUT2D eigenvalue weighted by molar-refractivity contribution is 0.645. The van der Waals surface area contributed by atoms with Gasteiger partial charge in [0.1, 0.15) is 0 Å². The Bertz CT molecular complexity index is 201. The monoisotopic (exact) mass is 174 g/mol. The minimum atomic E-state index is 0.839. The van der Waals surface area contributed by atoms with Crippen LogP contribution >= 0.6 is 0 Å². The zero-order chi connectivity index (χ0) is 9.36. The lowest BCUT2D eigenvalue weighted by atomic mass is 10.1. The van der Waals surface area contributed by atoms with Crippen LogP contribution < -0.4 is 0 Å². The van der Waals surface area contributed by atoms with Gasteiger partial charge in [-0.2, -0.15) is 0 Å². The molecule has 1 aromatic rings. The maximum Gasteiger partial charge on any atom is -0.0279 e. The molecule has 0 heteroatoms. The van der Waals surface area contributed by atoms with Crippen molar-refractivity contribution in [3.8, 4) is 0 Å². The standard InChI is InChI=1S/C13H18/c1-2-3-4-5-7-10-13-11-8-6-9-12-13/h1,6,8-9,11-12H,2-5,7,10H2. The molecule has 0 fully saturated rings. The predicted octanol–water partition coefficient (Wildman–Crippen LogP) is 3.89. The number of benzene rings is 1. The van der Waals surface area contributed by atoms with E-state index < -0.39 is 0 Å². The summed E-state index contributed by atoms with van der Waals surface area (Å²) < 4.78 is 0. The second kappa shape index (κ2) is 6.71. The van der Waals surface area contributed by atoms with Crippen LogP contribution in [0.15, 0.2) is 30.3 Å². The van der Waals surface area contributed by atoms with E-state index in [2.05, 4.69) is 30.3 Å². The molecule has 0 heterocycles. The molecule has 0 saturated heterocycles. The predicted molar refractivity (Wildman–Crippen MR) is 57.5 cm³/mol. The molecule has 0 atom stereocenters. The second-order valence-corrected chi connectivity index (χ2v) is 3.44. The Morgan fingerprint density at radius 2 is 1.54 bits per heavy atom. The zero-order valence-electron chi connectivity index (χ0n) is 8.21. The molecule has 0 bridgehead atoms. The Kier molecular flexibility index (Phi) is 5.31. The summed E-state index contributed by atoms with van der Waals surface area (Å²) in [6, 6.07) is 10.7. The molecule has 13 heavy (non-hydrogen) atoms. The Morgan fingerprint density at radius 3 is 2.23 bits per heavy atom. The van der Waals surface area contributed by atoms with Gasteiger partial charge in [-0.1, -0.05) is 49.6 Å². The number of hydrogen-bond acceptors (Lipinski definition) is 0. The van der Waals surface area contributed by atoms with E-state index in [0.29, 0.717) is 0 Å².